The molecule has 3 nitrogen and oxygen atoms in total. The van der Waals surface area contributed by atoms with Crippen molar-refractivity contribution in [1.82, 2.24) is 5.32 Å². The molecule has 0 saturated carbocycles. The van der Waals surface area contributed by atoms with Crippen LogP contribution in [0.2, 0.25) is 0 Å². The first-order valence-electron chi connectivity index (χ1n) is 7.25. The van der Waals surface area contributed by atoms with Crippen LogP contribution in [-0.2, 0) is 11.2 Å². The minimum atomic E-state index is -0.405. The largest absolute Gasteiger partial charge is 0.349 e. The maximum Gasteiger partial charge on any atom is 0.227 e. The van der Waals surface area contributed by atoms with Crippen molar-refractivity contribution < 1.29 is 4.79 Å². The average molecular weight is 260 g/mol. The van der Waals surface area contributed by atoms with Crippen LogP contribution in [0.15, 0.2) is 24.3 Å². The molecule has 3 N–H and O–H groups in total. The van der Waals surface area contributed by atoms with E-state index in [0.717, 1.165) is 25.7 Å². The Hall–Kier alpha value is -1.35. The lowest BCUT2D eigenvalue weighted by Crippen LogP contribution is -2.46. The van der Waals surface area contributed by atoms with E-state index in [0.29, 0.717) is 6.54 Å². The van der Waals surface area contributed by atoms with E-state index in [1.165, 1.54) is 11.1 Å². The highest BCUT2D eigenvalue weighted by Crippen LogP contribution is 2.33. The molecule has 1 atom stereocenters. The molecule has 104 valence electrons. The fraction of sp³-hybridized carbons (Fsp3) is 0.562. The Kier molecular flexibility index (Phi) is 4.25. The molecule has 0 aliphatic heterocycles. The highest BCUT2D eigenvalue weighted by Gasteiger charge is 2.35. The number of amides is 1. The van der Waals surface area contributed by atoms with Gasteiger partial charge in [0.1, 0.15) is 0 Å². The molecule has 1 aromatic carbocycles. The molecule has 0 bridgehead atoms. The quantitative estimate of drug-likeness (QED) is 0.855. The summed E-state index contributed by atoms with van der Waals surface area (Å²) in [5.41, 5.74) is 8.07. The molecule has 0 radical (unpaired) electrons. The van der Waals surface area contributed by atoms with E-state index in [1.54, 1.807) is 0 Å². The minimum absolute atomic E-state index is 0.113. The van der Waals surface area contributed by atoms with E-state index >= 15 is 0 Å². The molecule has 1 unspecified atom stereocenters. The summed E-state index contributed by atoms with van der Waals surface area (Å²) < 4.78 is 0. The molecule has 1 aliphatic rings. The number of rotatable bonds is 5. The molecule has 3 heteroatoms. The Morgan fingerprint density at radius 3 is 2.68 bits per heavy atom. The minimum Gasteiger partial charge on any atom is -0.349 e. The van der Waals surface area contributed by atoms with E-state index in [1.807, 2.05) is 19.9 Å². The van der Waals surface area contributed by atoms with Gasteiger partial charge in [-0.15, -0.1) is 0 Å². The number of benzene rings is 1. The van der Waals surface area contributed by atoms with E-state index in [-0.39, 0.29) is 11.9 Å². The predicted molar refractivity (Wildman–Crippen MR) is 77.7 cm³/mol. The summed E-state index contributed by atoms with van der Waals surface area (Å²) in [4.78, 5) is 12.5. The summed E-state index contributed by atoms with van der Waals surface area (Å²) in [6.45, 7) is 4.50. The SMILES string of the molecule is CCC(CC)(CN)C(=O)NC1CCc2ccccc21. The van der Waals surface area contributed by atoms with Gasteiger partial charge in [0, 0.05) is 6.54 Å². The zero-order valence-electron chi connectivity index (χ0n) is 11.9. The smallest absolute Gasteiger partial charge is 0.227 e. The highest BCUT2D eigenvalue weighted by molar-refractivity contribution is 5.83. The molecule has 1 aliphatic carbocycles. The van der Waals surface area contributed by atoms with Crippen LogP contribution in [0.4, 0.5) is 0 Å². The Labute approximate surface area is 115 Å². The molecule has 0 saturated heterocycles. The van der Waals surface area contributed by atoms with Gasteiger partial charge >= 0.3 is 0 Å². The van der Waals surface area contributed by atoms with Crippen molar-refractivity contribution in [2.45, 2.75) is 45.6 Å². The second-order valence-electron chi connectivity index (χ2n) is 5.46. The summed E-state index contributed by atoms with van der Waals surface area (Å²) in [6.07, 6.45) is 3.63. The van der Waals surface area contributed by atoms with Crippen molar-refractivity contribution in [2.24, 2.45) is 11.1 Å². The lowest BCUT2D eigenvalue weighted by molar-refractivity contribution is -0.131. The molecule has 2 rings (SSSR count). The number of hydrogen-bond donors (Lipinski definition) is 2. The Morgan fingerprint density at radius 1 is 1.37 bits per heavy atom. The van der Waals surface area contributed by atoms with E-state index < -0.39 is 5.41 Å². The van der Waals surface area contributed by atoms with Crippen molar-refractivity contribution in [3.8, 4) is 0 Å². The summed E-state index contributed by atoms with van der Waals surface area (Å²) in [6, 6.07) is 8.53. The van der Waals surface area contributed by atoms with Crippen LogP contribution in [0, 0.1) is 5.41 Å². The Balaban J connectivity index is 2.13. The number of aryl methyl sites for hydroxylation is 1. The topological polar surface area (TPSA) is 55.1 Å². The second kappa shape index (κ2) is 5.74. The van der Waals surface area contributed by atoms with Gasteiger partial charge in [-0.3, -0.25) is 4.79 Å². The standard InChI is InChI=1S/C16H24N2O/c1-3-16(4-2,11-17)15(19)18-14-10-9-12-7-5-6-8-13(12)14/h5-8,14H,3-4,9-11,17H2,1-2H3,(H,18,19). The number of carbonyl (C=O) groups excluding carboxylic acids is 1. The maximum absolute atomic E-state index is 12.5. The Bertz CT molecular complexity index is 444. The predicted octanol–water partition coefficient (Wildman–Crippen LogP) is 2.56. The first-order chi connectivity index (χ1) is 9.16. The number of carbonyl (C=O) groups is 1. The van der Waals surface area contributed by atoms with Crippen LogP contribution in [0.3, 0.4) is 0 Å². The molecule has 0 fully saturated rings. The highest BCUT2D eigenvalue weighted by atomic mass is 16.2. The fourth-order valence-corrected chi connectivity index (χ4v) is 2.97. The number of hydrogen-bond acceptors (Lipinski definition) is 2. The van der Waals surface area contributed by atoms with Crippen LogP contribution in [0.25, 0.3) is 0 Å². The number of fused-ring (bicyclic) bond motifs is 1. The van der Waals surface area contributed by atoms with Crippen LogP contribution in [-0.4, -0.2) is 12.5 Å². The van der Waals surface area contributed by atoms with Crippen molar-refractivity contribution >= 4 is 5.91 Å². The van der Waals surface area contributed by atoms with Crippen LogP contribution in [0.5, 0.6) is 0 Å². The third kappa shape index (κ3) is 2.52. The van der Waals surface area contributed by atoms with Gasteiger partial charge in [0.15, 0.2) is 0 Å². The number of nitrogens with one attached hydrogen (secondary N) is 1. The molecular formula is C16H24N2O. The molecule has 0 spiro atoms. The van der Waals surface area contributed by atoms with Crippen molar-refractivity contribution in [3.63, 3.8) is 0 Å². The van der Waals surface area contributed by atoms with Gasteiger partial charge in [0.2, 0.25) is 5.91 Å². The maximum atomic E-state index is 12.5. The summed E-state index contributed by atoms with van der Waals surface area (Å²) in [5, 5.41) is 3.21. The molecule has 0 heterocycles. The van der Waals surface area contributed by atoms with E-state index in [4.69, 9.17) is 5.73 Å². The van der Waals surface area contributed by atoms with Crippen molar-refractivity contribution in [3.05, 3.63) is 35.4 Å². The van der Waals surface area contributed by atoms with Crippen molar-refractivity contribution in [1.29, 1.82) is 0 Å². The third-order valence-corrected chi connectivity index (χ3v) is 4.66. The van der Waals surface area contributed by atoms with Gasteiger partial charge in [-0.2, -0.15) is 0 Å². The van der Waals surface area contributed by atoms with Gasteiger partial charge in [-0.1, -0.05) is 38.1 Å². The van der Waals surface area contributed by atoms with Gasteiger partial charge in [0.05, 0.1) is 11.5 Å². The summed E-state index contributed by atoms with van der Waals surface area (Å²) >= 11 is 0. The molecular weight excluding hydrogens is 236 g/mol. The average Bonchev–Trinajstić information content (AvgIpc) is 2.85. The van der Waals surface area contributed by atoms with Crippen LogP contribution >= 0.6 is 0 Å². The lowest BCUT2D eigenvalue weighted by atomic mass is 9.81. The second-order valence-corrected chi connectivity index (χ2v) is 5.46. The fourth-order valence-electron chi connectivity index (χ4n) is 2.97. The summed E-state index contributed by atoms with van der Waals surface area (Å²) in [7, 11) is 0. The zero-order chi connectivity index (χ0) is 13.9. The molecule has 19 heavy (non-hydrogen) atoms. The van der Waals surface area contributed by atoms with Gasteiger partial charge in [-0.25, -0.2) is 0 Å². The Morgan fingerprint density at radius 2 is 2.05 bits per heavy atom. The van der Waals surface area contributed by atoms with Crippen LogP contribution < -0.4 is 11.1 Å². The van der Waals surface area contributed by atoms with E-state index in [9.17, 15) is 4.79 Å². The van der Waals surface area contributed by atoms with Gasteiger partial charge < -0.3 is 11.1 Å². The molecule has 1 amide bonds. The van der Waals surface area contributed by atoms with Gasteiger partial charge in [0.25, 0.3) is 0 Å². The van der Waals surface area contributed by atoms with Crippen LogP contribution in [0.1, 0.15) is 50.3 Å². The monoisotopic (exact) mass is 260 g/mol. The lowest BCUT2D eigenvalue weighted by Gasteiger charge is -2.30. The third-order valence-electron chi connectivity index (χ3n) is 4.66. The summed E-state index contributed by atoms with van der Waals surface area (Å²) in [5.74, 6) is 0.113. The van der Waals surface area contributed by atoms with E-state index in [2.05, 4.69) is 23.5 Å². The normalized spacial score (nSPS) is 18.2. The number of nitrogens with two attached hydrogens (primary N) is 1. The molecule has 0 aromatic heterocycles. The first kappa shape index (κ1) is 14.1. The molecule has 1 aromatic rings. The zero-order valence-corrected chi connectivity index (χ0v) is 11.9. The first-order valence-corrected chi connectivity index (χ1v) is 7.25. The van der Waals surface area contributed by atoms with Crippen molar-refractivity contribution in [2.75, 3.05) is 6.54 Å². The van der Waals surface area contributed by atoms with Gasteiger partial charge in [-0.05, 0) is 36.8 Å².